The van der Waals surface area contributed by atoms with Gasteiger partial charge in [-0.15, -0.1) is 0 Å². The normalized spacial score (nSPS) is 19.2. The molecule has 1 aliphatic rings. The third-order valence-corrected chi connectivity index (χ3v) is 4.75. The van der Waals surface area contributed by atoms with Crippen LogP contribution in [0.2, 0.25) is 0 Å². The van der Waals surface area contributed by atoms with Gasteiger partial charge < -0.3 is 10.1 Å². The van der Waals surface area contributed by atoms with Crippen molar-refractivity contribution in [2.75, 3.05) is 39.1 Å². The second kappa shape index (κ2) is 8.19. The summed E-state index contributed by atoms with van der Waals surface area (Å²) >= 11 is 0. The number of rotatable bonds is 8. The molecule has 0 saturated carbocycles. The lowest BCUT2D eigenvalue weighted by molar-refractivity contribution is 0.121. The van der Waals surface area contributed by atoms with Gasteiger partial charge in [0.15, 0.2) is 0 Å². The van der Waals surface area contributed by atoms with Crippen LogP contribution in [0.5, 0.6) is 0 Å². The maximum Gasteiger partial charge on any atom is 0.211 e. The standard InChI is InChI=1S/C13H28N2O3S/c1-12(2)6-10-18-11-7-14-13-4-8-15(9-5-13)19(3,16)17/h12-14H,4-11H2,1-3H3. The Bertz CT molecular complexity index is 336. The fourth-order valence-corrected chi connectivity index (χ4v) is 3.02. The first kappa shape index (κ1) is 16.9. The van der Waals surface area contributed by atoms with Crippen molar-refractivity contribution in [2.24, 2.45) is 5.92 Å². The topological polar surface area (TPSA) is 58.6 Å². The van der Waals surface area contributed by atoms with Crippen molar-refractivity contribution >= 4 is 10.0 Å². The molecular weight excluding hydrogens is 264 g/mol. The number of nitrogens with one attached hydrogen (secondary N) is 1. The van der Waals surface area contributed by atoms with Gasteiger partial charge in [-0.05, 0) is 25.2 Å². The molecule has 0 spiro atoms. The summed E-state index contributed by atoms with van der Waals surface area (Å²) in [5.41, 5.74) is 0. The highest BCUT2D eigenvalue weighted by molar-refractivity contribution is 7.88. The fraction of sp³-hybridized carbons (Fsp3) is 1.00. The molecule has 0 atom stereocenters. The highest BCUT2D eigenvalue weighted by atomic mass is 32.2. The van der Waals surface area contributed by atoms with Gasteiger partial charge >= 0.3 is 0 Å². The smallest absolute Gasteiger partial charge is 0.211 e. The first-order chi connectivity index (χ1) is 8.89. The fourth-order valence-electron chi connectivity index (χ4n) is 2.15. The molecule has 0 radical (unpaired) electrons. The molecular formula is C13H28N2O3S. The lowest BCUT2D eigenvalue weighted by atomic mass is 10.1. The second-order valence-electron chi connectivity index (χ2n) is 5.69. The molecule has 0 aromatic rings. The van der Waals surface area contributed by atoms with E-state index in [1.807, 2.05) is 0 Å². The summed E-state index contributed by atoms with van der Waals surface area (Å²) in [5.74, 6) is 0.688. The van der Waals surface area contributed by atoms with Crippen LogP contribution in [0, 0.1) is 5.92 Å². The first-order valence-electron chi connectivity index (χ1n) is 7.16. The largest absolute Gasteiger partial charge is 0.380 e. The number of sulfonamides is 1. The number of hydrogen-bond acceptors (Lipinski definition) is 4. The van der Waals surface area contributed by atoms with Crippen LogP contribution in [0.3, 0.4) is 0 Å². The Morgan fingerprint density at radius 1 is 1.26 bits per heavy atom. The molecule has 1 N–H and O–H groups in total. The molecule has 0 bridgehead atoms. The molecule has 5 nitrogen and oxygen atoms in total. The zero-order chi connectivity index (χ0) is 14.3. The van der Waals surface area contributed by atoms with Crippen LogP contribution in [0.1, 0.15) is 33.1 Å². The predicted molar refractivity (Wildman–Crippen MR) is 77.7 cm³/mol. The summed E-state index contributed by atoms with van der Waals surface area (Å²) in [4.78, 5) is 0. The van der Waals surface area contributed by atoms with Crippen molar-refractivity contribution in [3.63, 3.8) is 0 Å². The molecule has 1 rings (SSSR count). The summed E-state index contributed by atoms with van der Waals surface area (Å²) in [5, 5.41) is 3.44. The molecule has 114 valence electrons. The maximum atomic E-state index is 11.4. The van der Waals surface area contributed by atoms with Crippen LogP contribution in [-0.2, 0) is 14.8 Å². The maximum absolute atomic E-state index is 11.4. The third kappa shape index (κ3) is 7.25. The summed E-state index contributed by atoms with van der Waals surface area (Å²) in [6.07, 6.45) is 4.16. The van der Waals surface area contributed by atoms with Crippen molar-refractivity contribution in [3.05, 3.63) is 0 Å². The summed E-state index contributed by atoms with van der Waals surface area (Å²) in [6, 6.07) is 0.423. The average Bonchev–Trinajstić information content (AvgIpc) is 2.32. The van der Waals surface area contributed by atoms with Crippen LogP contribution >= 0.6 is 0 Å². The molecule has 0 unspecified atom stereocenters. The molecule has 0 aromatic heterocycles. The van der Waals surface area contributed by atoms with Crippen molar-refractivity contribution in [2.45, 2.75) is 39.2 Å². The van der Waals surface area contributed by atoms with Gasteiger partial charge in [0.25, 0.3) is 0 Å². The molecule has 6 heteroatoms. The van der Waals surface area contributed by atoms with E-state index in [1.54, 1.807) is 4.31 Å². The van der Waals surface area contributed by atoms with E-state index >= 15 is 0 Å². The molecule has 0 aromatic carbocycles. The van der Waals surface area contributed by atoms with Crippen LogP contribution in [0.15, 0.2) is 0 Å². The lowest BCUT2D eigenvalue weighted by Gasteiger charge is -2.30. The zero-order valence-electron chi connectivity index (χ0n) is 12.4. The average molecular weight is 292 g/mol. The molecule has 1 heterocycles. The van der Waals surface area contributed by atoms with Gasteiger partial charge in [-0.1, -0.05) is 13.8 Å². The Balaban J connectivity index is 2.04. The van der Waals surface area contributed by atoms with E-state index in [4.69, 9.17) is 4.74 Å². The molecule has 1 aliphatic heterocycles. The summed E-state index contributed by atoms with van der Waals surface area (Å²) in [6.45, 7) is 8.05. The quantitative estimate of drug-likeness (QED) is 0.680. The zero-order valence-corrected chi connectivity index (χ0v) is 13.2. The van der Waals surface area contributed by atoms with E-state index in [0.29, 0.717) is 25.0 Å². The van der Waals surface area contributed by atoms with E-state index in [9.17, 15) is 8.42 Å². The number of hydrogen-bond donors (Lipinski definition) is 1. The van der Waals surface area contributed by atoms with Gasteiger partial charge in [-0.2, -0.15) is 0 Å². The Morgan fingerprint density at radius 2 is 1.89 bits per heavy atom. The van der Waals surface area contributed by atoms with Crippen molar-refractivity contribution < 1.29 is 13.2 Å². The van der Waals surface area contributed by atoms with E-state index in [1.165, 1.54) is 6.26 Å². The minimum atomic E-state index is -3.01. The van der Waals surface area contributed by atoms with Gasteiger partial charge in [-0.25, -0.2) is 12.7 Å². The van der Waals surface area contributed by atoms with Gasteiger partial charge in [0, 0.05) is 32.3 Å². The highest BCUT2D eigenvalue weighted by Crippen LogP contribution is 2.12. The Morgan fingerprint density at radius 3 is 2.42 bits per heavy atom. The van der Waals surface area contributed by atoms with Gasteiger partial charge in [-0.3, -0.25) is 0 Å². The van der Waals surface area contributed by atoms with Crippen molar-refractivity contribution in [1.82, 2.24) is 9.62 Å². The first-order valence-corrected chi connectivity index (χ1v) is 9.00. The SMILES string of the molecule is CC(C)CCOCCNC1CCN(S(C)(=O)=O)CC1. The molecule has 0 amide bonds. The van der Waals surface area contributed by atoms with Gasteiger partial charge in [0.05, 0.1) is 12.9 Å². The minimum absolute atomic E-state index is 0.423. The minimum Gasteiger partial charge on any atom is -0.380 e. The Kier molecular flexibility index (Phi) is 7.28. The van der Waals surface area contributed by atoms with E-state index < -0.39 is 10.0 Å². The van der Waals surface area contributed by atoms with Crippen LogP contribution in [0.4, 0.5) is 0 Å². The van der Waals surface area contributed by atoms with Crippen LogP contribution in [0.25, 0.3) is 0 Å². The molecule has 1 saturated heterocycles. The number of piperidine rings is 1. The van der Waals surface area contributed by atoms with E-state index in [0.717, 1.165) is 39.0 Å². The van der Waals surface area contributed by atoms with E-state index in [2.05, 4.69) is 19.2 Å². The molecule has 19 heavy (non-hydrogen) atoms. The van der Waals surface area contributed by atoms with E-state index in [-0.39, 0.29) is 0 Å². The van der Waals surface area contributed by atoms with Gasteiger partial charge in [0.1, 0.15) is 0 Å². The Hall–Kier alpha value is -0.170. The highest BCUT2D eigenvalue weighted by Gasteiger charge is 2.24. The number of nitrogens with zero attached hydrogens (tertiary/aromatic N) is 1. The lowest BCUT2D eigenvalue weighted by Crippen LogP contribution is -2.45. The number of ether oxygens (including phenoxy) is 1. The summed E-state index contributed by atoms with van der Waals surface area (Å²) in [7, 11) is -3.01. The Labute approximate surface area is 117 Å². The molecule has 0 aliphatic carbocycles. The summed E-state index contributed by atoms with van der Waals surface area (Å²) < 4.78 is 29.8. The van der Waals surface area contributed by atoms with Crippen LogP contribution in [-0.4, -0.2) is 57.9 Å². The van der Waals surface area contributed by atoms with Crippen LogP contribution < -0.4 is 5.32 Å². The molecule has 1 fully saturated rings. The van der Waals surface area contributed by atoms with Gasteiger partial charge in [0.2, 0.25) is 10.0 Å². The third-order valence-electron chi connectivity index (χ3n) is 3.44. The predicted octanol–water partition coefficient (Wildman–Crippen LogP) is 1.06. The van der Waals surface area contributed by atoms with Crippen molar-refractivity contribution in [1.29, 1.82) is 0 Å². The van der Waals surface area contributed by atoms with Crippen molar-refractivity contribution in [3.8, 4) is 0 Å². The second-order valence-corrected chi connectivity index (χ2v) is 7.67. The monoisotopic (exact) mass is 292 g/mol.